The number of esters is 1. The number of carbonyl (C=O) groups excluding carboxylic acids is 1. The Balaban J connectivity index is 0.00000280. The van der Waals surface area contributed by atoms with Crippen LogP contribution < -0.4 is 10.6 Å². The lowest BCUT2D eigenvalue weighted by Gasteiger charge is -2.34. The maximum atomic E-state index is 14.9. The van der Waals surface area contributed by atoms with E-state index in [4.69, 9.17) is 15.9 Å². The van der Waals surface area contributed by atoms with Gasteiger partial charge < -0.3 is 15.4 Å². The van der Waals surface area contributed by atoms with Crippen molar-refractivity contribution in [3.8, 4) is 0 Å². The van der Waals surface area contributed by atoms with Gasteiger partial charge in [-0.25, -0.2) is 4.39 Å². The summed E-state index contributed by atoms with van der Waals surface area (Å²) in [4.78, 5) is 17.6. The fourth-order valence-electron chi connectivity index (χ4n) is 3.38. The normalized spacial score (nSPS) is 14.2. The zero-order valence-corrected chi connectivity index (χ0v) is 15.0. The van der Waals surface area contributed by atoms with Gasteiger partial charge in [-0.3, -0.25) is 15.2 Å². The van der Waals surface area contributed by atoms with Gasteiger partial charge in [0, 0.05) is 31.0 Å². The SMILES string of the molecule is C.N=C(N)CC(=O)OCc1cccc(N2CCC(c3ccncc3)CC2)c1F. The van der Waals surface area contributed by atoms with Crippen molar-refractivity contribution in [2.75, 3.05) is 18.0 Å². The summed E-state index contributed by atoms with van der Waals surface area (Å²) in [5.41, 5.74) is 7.29. The van der Waals surface area contributed by atoms with E-state index >= 15 is 0 Å². The summed E-state index contributed by atoms with van der Waals surface area (Å²) in [6.07, 6.45) is 5.21. The highest BCUT2D eigenvalue weighted by Crippen LogP contribution is 2.32. The highest BCUT2D eigenvalue weighted by Gasteiger charge is 2.23. The molecule has 3 rings (SSSR count). The number of amidine groups is 1. The Bertz CT molecular complexity index is 805. The molecule has 150 valence electrons. The van der Waals surface area contributed by atoms with E-state index < -0.39 is 5.97 Å². The molecule has 0 amide bonds. The van der Waals surface area contributed by atoms with E-state index in [2.05, 4.69) is 4.98 Å². The molecule has 0 radical (unpaired) electrons. The van der Waals surface area contributed by atoms with Crippen LogP contribution in [0.15, 0.2) is 42.7 Å². The highest BCUT2D eigenvalue weighted by atomic mass is 19.1. The highest BCUT2D eigenvalue weighted by molar-refractivity contribution is 5.94. The van der Waals surface area contributed by atoms with Crippen LogP contribution in [0.25, 0.3) is 0 Å². The number of rotatable bonds is 6. The van der Waals surface area contributed by atoms with Crippen molar-refractivity contribution in [1.82, 2.24) is 4.98 Å². The predicted octanol–water partition coefficient (Wildman–Crippen LogP) is 3.61. The number of halogens is 1. The first-order chi connectivity index (χ1) is 13.0. The zero-order valence-electron chi connectivity index (χ0n) is 15.0. The number of ether oxygens (including phenoxy) is 1. The van der Waals surface area contributed by atoms with E-state index in [1.807, 2.05) is 17.0 Å². The number of nitrogens with zero attached hydrogens (tertiary/aromatic N) is 2. The molecule has 0 saturated carbocycles. The fourth-order valence-corrected chi connectivity index (χ4v) is 3.38. The summed E-state index contributed by atoms with van der Waals surface area (Å²) >= 11 is 0. The van der Waals surface area contributed by atoms with Crippen LogP contribution in [0.4, 0.5) is 10.1 Å². The molecule has 1 fully saturated rings. The molecule has 1 aliphatic heterocycles. The first kappa shape index (κ1) is 21.3. The van der Waals surface area contributed by atoms with Crippen LogP contribution in [0.2, 0.25) is 0 Å². The molecule has 3 N–H and O–H groups in total. The second kappa shape index (κ2) is 9.82. The van der Waals surface area contributed by atoms with E-state index in [9.17, 15) is 9.18 Å². The lowest BCUT2D eigenvalue weighted by Crippen LogP contribution is -2.33. The molecule has 0 aliphatic carbocycles. The van der Waals surface area contributed by atoms with Crippen LogP contribution in [0.1, 0.15) is 43.7 Å². The average molecular weight is 386 g/mol. The molecule has 1 aromatic carbocycles. The van der Waals surface area contributed by atoms with Gasteiger partial charge in [0.15, 0.2) is 5.82 Å². The van der Waals surface area contributed by atoms with Gasteiger partial charge >= 0.3 is 5.97 Å². The topological polar surface area (TPSA) is 92.3 Å². The van der Waals surface area contributed by atoms with Crippen LogP contribution in [0.5, 0.6) is 0 Å². The molecule has 0 unspecified atom stereocenters. The standard InChI is InChI=1S/C20H23FN4O2.CH4/c21-20-16(13-27-19(26)12-18(22)23)2-1-3-17(20)25-10-6-15(7-11-25)14-4-8-24-9-5-14;/h1-5,8-9,15H,6-7,10-13H2,(H3,22,23);1H4. The maximum Gasteiger partial charge on any atom is 0.313 e. The summed E-state index contributed by atoms with van der Waals surface area (Å²) in [5, 5.41) is 7.09. The Hall–Kier alpha value is -2.96. The number of pyridine rings is 1. The molecule has 0 atom stereocenters. The van der Waals surface area contributed by atoms with E-state index in [0.29, 0.717) is 17.2 Å². The van der Waals surface area contributed by atoms with Crippen LogP contribution in [-0.4, -0.2) is 29.9 Å². The zero-order chi connectivity index (χ0) is 19.2. The summed E-state index contributed by atoms with van der Waals surface area (Å²) in [5.74, 6) is -0.810. The Kier molecular flexibility index (Phi) is 7.49. The number of piperidine rings is 1. The van der Waals surface area contributed by atoms with Gasteiger partial charge in [0.2, 0.25) is 0 Å². The van der Waals surface area contributed by atoms with Crippen LogP contribution in [0, 0.1) is 11.2 Å². The molecular weight excluding hydrogens is 359 g/mol. The third-order valence-electron chi connectivity index (χ3n) is 4.79. The van der Waals surface area contributed by atoms with Crippen molar-refractivity contribution in [2.24, 2.45) is 5.73 Å². The Morgan fingerprint density at radius 2 is 1.93 bits per heavy atom. The number of carbonyl (C=O) groups is 1. The summed E-state index contributed by atoms with van der Waals surface area (Å²) in [7, 11) is 0. The van der Waals surface area contributed by atoms with Gasteiger partial charge in [0.25, 0.3) is 0 Å². The van der Waals surface area contributed by atoms with Crippen LogP contribution in [0.3, 0.4) is 0 Å². The van der Waals surface area contributed by atoms with Crippen molar-refractivity contribution < 1.29 is 13.9 Å². The smallest absolute Gasteiger partial charge is 0.313 e. The van der Waals surface area contributed by atoms with Gasteiger partial charge in [-0.2, -0.15) is 0 Å². The lowest BCUT2D eigenvalue weighted by molar-refractivity contribution is -0.143. The minimum absolute atomic E-state index is 0. The van der Waals surface area contributed by atoms with Gasteiger partial charge in [-0.05, 0) is 42.5 Å². The number of benzene rings is 1. The molecule has 0 bridgehead atoms. The van der Waals surface area contributed by atoms with Crippen LogP contribution >= 0.6 is 0 Å². The predicted molar refractivity (Wildman–Crippen MR) is 108 cm³/mol. The molecule has 2 heterocycles. The van der Waals surface area contributed by atoms with Crippen LogP contribution in [-0.2, 0) is 16.1 Å². The Morgan fingerprint density at radius 3 is 2.57 bits per heavy atom. The summed E-state index contributed by atoms with van der Waals surface area (Å²) < 4.78 is 19.9. The minimum atomic E-state index is -0.634. The first-order valence-corrected chi connectivity index (χ1v) is 8.95. The number of anilines is 1. The minimum Gasteiger partial charge on any atom is -0.460 e. The van der Waals surface area contributed by atoms with Crippen molar-refractivity contribution >= 4 is 17.5 Å². The van der Waals surface area contributed by atoms with Crippen molar-refractivity contribution in [2.45, 2.75) is 39.2 Å². The van der Waals surface area contributed by atoms with Crippen molar-refractivity contribution in [3.05, 3.63) is 59.7 Å². The number of nitrogens with one attached hydrogen (secondary N) is 1. The van der Waals surface area contributed by atoms with Crippen molar-refractivity contribution in [3.63, 3.8) is 0 Å². The number of aromatic nitrogens is 1. The van der Waals surface area contributed by atoms with E-state index in [1.54, 1.807) is 30.6 Å². The van der Waals surface area contributed by atoms with Gasteiger partial charge in [0.1, 0.15) is 18.9 Å². The third-order valence-corrected chi connectivity index (χ3v) is 4.79. The summed E-state index contributed by atoms with van der Waals surface area (Å²) in [6, 6.07) is 9.20. The van der Waals surface area contributed by atoms with Gasteiger partial charge in [-0.1, -0.05) is 19.6 Å². The van der Waals surface area contributed by atoms with Gasteiger partial charge in [-0.15, -0.1) is 0 Å². The van der Waals surface area contributed by atoms with E-state index in [0.717, 1.165) is 25.9 Å². The Labute approximate surface area is 165 Å². The number of hydrogen-bond acceptors (Lipinski definition) is 5. The maximum absolute atomic E-state index is 14.9. The van der Waals surface area contributed by atoms with E-state index in [1.165, 1.54) is 5.56 Å². The molecule has 1 aliphatic rings. The molecule has 7 heteroatoms. The number of nitrogens with two attached hydrogens (primary N) is 1. The quantitative estimate of drug-likeness (QED) is 0.449. The molecule has 2 aromatic rings. The summed E-state index contributed by atoms with van der Waals surface area (Å²) in [6.45, 7) is 1.36. The first-order valence-electron chi connectivity index (χ1n) is 8.95. The number of hydrogen-bond donors (Lipinski definition) is 2. The van der Waals surface area contributed by atoms with E-state index in [-0.39, 0.29) is 32.1 Å². The third kappa shape index (κ3) is 5.28. The molecule has 1 aromatic heterocycles. The molecular formula is C21H27FN4O2. The monoisotopic (exact) mass is 386 g/mol. The van der Waals surface area contributed by atoms with Gasteiger partial charge in [0.05, 0.1) is 5.69 Å². The molecule has 1 saturated heterocycles. The fraction of sp³-hybridized carbons (Fsp3) is 0.381. The lowest BCUT2D eigenvalue weighted by atomic mass is 9.90. The largest absolute Gasteiger partial charge is 0.460 e. The average Bonchev–Trinajstić information content (AvgIpc) is 2.67. The Morgan fingerprint density at radius 1 is 1.25 bits per heavy atom. The van der Waals surface area contributed by atoms with Crippen molar-refractivity contribution in [1.29, 1.82) is 5.41 Å². The molecule has 28 heavy (non-hydrogen) atoms. The molecule has 0 spiro atoms. The second-order valence-corrected chi connectivity index (χ2v) is 6.65. The molecule has 6 nitrogen and oxygen atoms in total. The second-order valence-electron chi connectivity index (χ2n) is 6.65.